The van der Waals surface area contributed by atoms with Crippen LogP contribution in [0.5, 0.6) is 5.75 Å². The largest absolute Gasteiger partial charge is 0.466 e. The second-order valence-corrected chi connectivity index (χ2v) is 7.64. The van der Waals surface area contributed by atoms with Gasteiger partial charge in [0.15, 0.2) is 0 Å². The van der Waals surface area contributed by atoms with Crippen molar-refractivity contribution in [2.45, 2.75) is 49.6 Å². The Bertz CT molecular complexity index is 562. The van der Waals surface area contributed by atoms with Crippen LogP contribution in [0.3, 0.4) is 0 Å². The molecule has 0 aliphatic carbocycles. The van der Waals surface area contributed by atoms with Gasteiger partial charge >= 0.3 is 0 Å². The number of halogens is 3. The average molecular weight is 396 g/mol. The molecule has 0 aliphatic heterocycles. The van der Waals surface area contributed by atoms with Gasteiger partial charge < -0.3 is 15.4 Å². The number of nitrogens with one attached hydrogen (secondary N) is 2. The Hall–Kier alpha value is -1.17. The molecular weight excluding hydrogens is 375 g/mol. The summed E-state index contributed by atoms with van der Waals surface area (Å²) in [5, 5.41) is 5.21. The van der Waals surface area contributed by atoms with Gasteiger partial charge in [-0.05, 0) is 18.6 Å². The fraction of sp³-hybridized carbons (Fsp3) is 0.500. The summed E-state index contributed by atoms with van der Waals surface area (Å²) in [7, 11) is 0. The number of carbonyl (C=O) groups is 2. The highest BCUT2D eigenvalue weighted by Gasteiger charge is 2.36. The second kappa shape index (κ2) is 9.97. The monoisotopic (exact) mass is 394 g/mol. The molecule has 0 heterocycles. The fourth-order valence-corrected chi connectivity index (χ4v) is 2.22. The summed E-state index contributed by atoms with van der Waals surface area (Å²) < 4.78 is 3.76. The van der Waals surface area contributed by atoms with E-state index in [9.17, 15) is 9.59 Å². The van der Waals surface area contributed by atoms with Gasteiger partial charge in [0.25, 0.3) is 0 Å². The van der Waals surface area contributed by atoms with Crippen molar-refractivity contribution in [3.05, 3.63) is 24.3 Å². The lowest BCUT2D eigenvalue weighted by Crippen LogP contribution is -2.47. The number of hydrogen-bond acceptors (Lipinski definition) is 3. The SMILES string of the molecule is CCCCCC(=O)N[C@@H](Oc1cccc(NC(C)=O)c1)C(Cl)(Cl)Cl. The molecule has 0 spiro atoms. The van der Waals surface area contributed by atoms with Gasteiger partial charge in [0, 0.05) is 25.1 Å². The summed E-state index contributed by atoms with van der Waals surface area (Å²) in [6.45, 7) is 3.45. The van der Waals surface area contributed by atoms with Gasteiger partial charge in [0.05, 0.1) is 0 Å². The molecule has 1 aromatic rings. The number of carbonyl (C=O) groups excluding carboxylic acids is 2. The molecule has 0 bridgehead atoms. The average Bonchev–Trinajstić information content (AvgIpc) is 2.45. The molecule has 2 amide bonds. The Morgan fingerprint density at radius 3 is 2.54 bits per heavy atom. The normalized spacial score (nSPS) is 12.4. The smallest absolute Gasteiger partial charge is 0.246 e. The number of ether oxygens (including phenoxy) is 1. The predicted octanol–water partition coefficient (Wildman–Crippen LogP) is 4.42. The molecule has 1 rings (SSSR count). The van der Waals surface area contributed by atoms with E-state index in [1.54, 1.807) is 24.3 Å². The van der Waals surface area contributed by atoms with Crippen molar-refractivity contribution in [1.29, 1.82) is 0 Å². The van der Waals surface area contributed by atoms with E-state index in [0.29, 0.717) is 17.9 Å². The van der Waals surface area contributed by atoms with Crippen LogP contribution < -0.4 is 15.4 Å². The molecule has 24 heavy (non-hydrogen) atoms. The topological polar surface area (TPSA) is 67.4 Å². The molecule has 1 aromatic carbocycles. The zero-order valence-corrected chi connectivity index (χ0v) is 15.8. The van der Waals surface area contributed by atoms with E-state index < -0.39 is 10.0 Å². The molecule has 0 radical (unpaired) electrons. The molecular formula is C16H21Cl3N2O3. The van der Waals surface area contributed by atoms with Gasteiger partial charge in [0.1, 0.15) is 5.75 Å². The van der Waals surface area contributed by atoms with Crippen LogP contribution in [0.1, 0.15) is 39.5 Å². The minimum Gasteiger partial charge on any atom is -0.466 e. The zero-order valence-electron chi connectivity index (χ0n) is 13.6. The third-order valence-corrected chi connectivity index (χ3v) is 3.60. The number of anilines is 1. The van der Waals surface area contributed by atoms with Crippen LogP contribution in [0.4, 0.5) is 5.69 Å². The summed E-state index contributed by atoms with van der Waals surface area (Å²) in [5.41, 5.74) is 0.539. The van der Waals surface area contributed by atoms with Crippen LogP contribution in [-0.4, -0.2) is 21.8 Å². The zero-order chi connectivity index (χ0) is 18.2. The van der Waals surface area contributed by atoms with Crippen LogP contribution in [0.2, 0.25) is 0 Å². The third-order valence-electron chi connectivity index (χ3n) is 3.01. The van der Waals surface area contributed by atoms with Crippen molar-refractivity contribution in [2.75, 3.05) is 5.32 Å². The summed E-state index contributed by atoms with van der Waals surface area (Å²) in [5.74, 6) is -0.112. The molecule has 0 aliphatic rings. The van der Waals surface area contributed by atoms with E-state index >= 15 is 0 Å². The molecule has 134 valence electrons. The molecule has 0 unspecified atom stereocenters. The first-order chi connectivity index (χ1) is 11.2. The number of amides is 2. The van der Waals surface area contributed by atoms with E-state index in [4.69, 9.17) is 39.5 Å². The van der Waals surface area contributed by atoms with Crippen LogP contribution in [0, 0.1) is 0 Å². The first-order valence-corrected chi connectivity index (χ1v) is 8.76. The Morgan fingerprint density at radius 1 is 1.25 bits per heavy atom. The molecule has 0 saturated carbocycles. The molecule has 0 aromatic heterocycles. The van der Waals surface area contributed by atoms with Crippen molar-refractivity contribution < 1.29 is 14.3 Å². The van der Waals surface area contributed by atoms with Crippen molar-refractivity contribution in [2.24, 2.45) is 0 Å². The maximum Gasteiger partial charge on any atom is 0.246 e. The maximum atomic E-state index is 12.0. The van der Waals surface area contributed by atoms with Crippen molar-refractivity contribution in [3.63, 3.8) is 0 Å². The molecule has 8 heteroatoms. The standard InChI is InChI=1S/C16H21Cl3N2O3/c1-3-4-5-9-14(23)21-15(16(17,18)19)24-13-8-6-7-12(10-13)20-11(2)22/h6-8,10,15H,3-5,9H2,1-2H3,(H,20,22)(H,21,23)/t15-/m0/s1. The van der Waals surface area contributed by atoms with Gasteiger partial charge in [-0.25, -0.2) is 0 Å². The molecule has 5 nitrogen and oxygen atoms in total. The first kappa shape index (κ1) is 20.9. The van der Waals surface area contributed by atoms with Gasteiger partial charge in [0.2, 0.25) is 21.8 Å². The Balaban J connectivity index is 2.76. The molecule has 1 atom stereocenters. The summed E-state index contributed by atoms with van der Waals surface area (Å²) in [6, 6.07) is 6.59. The number of unbranched alkanes of at least 4 members (excludes halogenated alkanes) is 2. The fourth-order valence-electron chi connectivity index (χ4n) is 1.92. The van der Waals surface area contributed by atoms with Crippen molar-refractivity contribution in [1.82, 2.24) is 5.32 Å². The quantitative estimate of drug-likeness (QED) is 0.389. The predicted molar refractivity (Wildman–Crippen MR) is 97.7 cm³/mol. The lowest BCUT2D eigenvalue weighted by Gasteiger charge is -2.26. The van der Waals surface area contributed by atoms with Gasteiger partial charge in [-0.2, -0.15) is 0 Å². The van der Waals surface area contributed by atoms with Crippen LogP contribution in [0.15, 0.2) is 24.3 Å². The Kier molecular flexibility index (Phi) is 8.67. The molecule has 2 N–H and O–H groups in total. The third kappa shape index (κ3) is 8.08. The van der Waals surface area contributed by atoms with E-state index in [-0.39, 0.29) is 11.8 Å². The minimum absolute atomic E-state index is 0.214. The number of alkyl halides is 3. The highest BCUT2D eigenvalue weighted by molar-refractivity contribution is 6.68. The summed E-state index contributed by atoms with van der Waals surface area (Å²) in [6.07, 6.45) is 1.90. The summed E-state index contributed by atoms with van der Waals surface area (Å²) in [4.78, 5) is 23.1. The number of benzene rings is 1. The van der Waals surface area contributed by atoms with Gasteiger partial charge in [-0.1, -0.05) is 60.6 Å². The van der Waals surface area contributed by atoms with Crippen molar-refractivity contribution >= 4 is 52.3 Å². The highest BCUT2D eigenvalue weighted by Crippen LogP contribution is 2.32. The van der Waals surface area contributed by atoms with E-state index in [2.05, 4.69) is 10.6 Å². The van der Waals surface area contributed by atoms with Gasteiger partial charge in [-0.15, -0.1) is 0 Å². The lowest BCUT2D eigenvalue weighted by atomic mass is 10.2. The summed E-state index contributed by atoms with van der Waals surface area (Å²) >= 11 is 17.7. The number of rotatable bonds is 8. The first-order valence-electron chi connectivity index (χ1n) is 7.62. The molecule has 0 fully saturated rings. The highest BCUT2D eigenvalue weighted by atomic mass is 35.6. The van der Waals surface area contributed by atoms with Crippen molar-refractivity contribution in [3.8, 4) is 5.75 Å². The lowest BCUT2D eigenvalue weighted by molar-refractivity contribution is -0.123. The van der Waals surface area contributed by atoms with E-state index in [1.165, 1.54) is 6.92 Å². The van der Waals surface area contributed by atoms with E-state index in [1.807, 2.05) is 6.92 Å². The Morgan fingerprint density at radius 2 is 1.96 bits per heavy atom. The molecule has 0 saturated heterocycles. The minimum atomic E-state index is -1.84. The van der Waals surface area contributed by atoms with Crippen LogP contribution in [-0.2, 0) is 9.59 Å². The second-order valence-electron chi connectivity index (χ2n) is 5.27. The van der Waals surface area contributed by atoms with Crippen LogP contribution >= 0.6 is 34.8 Å². The maximum absolute atomic E-state index is 12.0. The van der Waals surface area contributed by atoms with Gasteiger partial charge in [-0.3, -0.25) is 9.59 Å². The van der Waals surface area contributed by atoms with Crippen LogP contribution in [0.25, 0.3) is 0 Å². The van der Waals surface area contributed by atoms with E-state index in [0.717, 1.165) is 19.3 Å². The number of hydrogen-bond donors (Lipinski definition) is 2. The Labute approximate surface area is 157 Å².